The number of aromatic nitrogens is 3. The maximum Gasteiger partial charge on any atom is 0.138 e. The van der Waals surface area contributed by atoms with E-state index in [1.165, 1.54) is 0 Å². The Morgan fingerprint density at radius 1 is 1.44 bits per heavy atom. The van der Waals surface area contributed by atoms with Crippen molar-refractivity contribution in [3.63, 3.8) is 0 Å². The first-order chi connectivity index (χ1) is 7.67. The first kappa shape index (κ1) is 13.2. The Morgan fingerprint density at radius 3 is 2.75 bits per heavy atom. The van der Waals surface area contributed by atoms with Crippen molar-refractivity contribution in [1.82, 2.24) is 14.8 Å². The van der Waals surface area contributed by atoms with Crippen LogP contribution < -0.4 is 5.73 Å². The summed E-state index contributed by atoms with van der Waals surface area (Å²) in [7, 11) is 0. The molecule has 4 heteroatoms. The van der Waals surface area contributed by atoms with Crippen molar-refractivity contribution in [3.8, 4) is 0 Å². The molecule has 1 unspecified atom stereocenters. The molecule has 0 bridgehead atoms. The molecule has 0 spiro atoms. The van der Waals surface area contributed by atoms with Crippen LogP contribution in [0.25, 0.3) is 0 Å². The van der Waals surface area contributed by atoms with Gasteiger partial charge in [-0.2, -0.15) is 5.10 Å². The fraction of sp³-hybridized carbons (Fsp3) is 0.833. The predicted molar refractivity (Wildman–Crippen MR) is 66.0 cm³/mol. The van der Waals surface area contributed by atoms with Crippen molar-refractivity contribution in [2.45, 2.75) is 46.6 Å². The van der Waals surface area contributed by atoms with Gasteiger partial charge in [0.25, 0.3) is 0 Å². The molecular weight excluding hydrogens is 200 g/mol. The van der Waals surface area contributed by atoms with E-state index in [9.17, 15) is 0 Å². The molecule has 0 fully saturated rings. The van der Waals surface area contributed by atoms with Crippen molar-refractivity contribution in [1.29, 1.82) is 0 Å². The van der Waals surface area contributed by atoms with Crippen molar-refractivity contribution < 1.29 is 0 Å². The molecule has 2 N–H and O–H groups in total. The molecule has 0 aliphatic heterocycles. The molecule has 92 valence electrons. The van der Waals surface area contributed by atoms with Gasteiger partial charge < -0.3 is 5.73 Å². The van der Waals surface area contributed by atoms with Gasteiger partial charge in [0, 0.05) is 13.0 Å². The highest BCUT2D eigenvalue weighted by Gasteiger charge is 2.13. The van der Waals surface area contributed by atoms with Crippen LogP contribution >= 0.6 is 0 Å². The Kier molecular flexibility index (Phi) is 5.46. The maximum atomic E-state index is 5.80. The zero-order valence-corrected chi connectivity index (χ0v) is 10.7. The van der Waals surface area contributed by atoms with E-state index in [4.69, 9.17) is 5.73 Å². The Hall–Kier alpha value is -0.900. The molecule has 0 saturated heterocycles. The second kappa shape index (κ2) is 6.63. The third-order valence-electron chi connectivity index (χ3n) is 2.74. The van der Waals surface area contributed by atoms with Crippen molar-refractivity contribution >= 4 is 0 Å². The van der Waals surface area contributed by atoms with E-state index < -0.39 is 0 Å². The molecular formula is C12H24N4. The van der Waals surface area contributed by atoms with E-state index in [1.807, 2.05) is 4.68 Å². The fourth-order valence-electron chi connectivity index (χ4n) is 2.03. The molecule has 0 radical (unpaired) electrons. The van der Waals surface area contributed by atoms with Crippen LogP contribution in [0.5, 0.6) is 0 Å². The van der Waals surface area contributed by atoms with E-state index in [1.54, 1.807) is 6.33 Å². The fourth-order valence-corrected chi connectivity index (χ4v) is 2.03. The third kappa shape index (κ3) is 3.93. The molecule has 16 heavy (non-hydrogen) atoms. The van der Waals surface area contributed by atoms with Crippen LogP contribution in [0, 0.1) is 11.8 Å². The van der Waals surface area contributed by atoms with E-state index >= 15 is 0 Å². The number of aryl methyl sites for hydroxylation is 1. The van der Waals surface area contributed by atoms with E-state index in [0.29, 0.717) is 11.8 Å². The topological polar surface area (TPSA) is 56.7 Å². The highest BCUT2D eigenvalue weighted by molar-refractivity contribution is 4.88. The minimum Gasteiger partial charge on any atom is -0.330 e. The van der Waals surface area contributed by atoms with E-state index in [-0.39, 0.29) is 0 Å². The normalized spacial score (nSPS) is 13.3. The summed E-state index contributed by atoms with van der Waals surface area (Å²) in [5, 5.41) is 4.24. The van der Waals surface area contributed by atoms with Gasteiger partial charge in [0.15, 0.2) is 0 Å². The van der Waals surface area contributed by atoms with Crippen LogP contribution in [-0.2, 0) is 13.0 Å². The van der Waals surface area contributed by atoms with E-state index in [0.717, 1.165) is 38.2 Å². The molecule has 0 aliphatic carbocycles. The predicted octanol–water partition coefficient (Wildman–Crippen LogP) is 1.85. The lowest BCUT2D eigenvalue weighted by atomic mass is 9.94. The van der Waals surface area contributed by atoms with Gasteiger partial charge in [0.05, 0.1) is 0 Å². The molecule has 0 saturated carbocycles. The largest absolute Gasteiger partial charge is 0.330 e. The Bertz CT molecular complexity index is 293. The average Bonchev–Trinajstić information content (AvgIpc) is 2.65. The molecule has 1 heterocycles. The van der Waals surface area contributed by atoms with Crippen LogP contribution in [0.15, 0.2) is 6.33 Å². The summed E-state index contributed by atoms with van der Waals surface area (Å²) >= 11 is 0. The molecule has 1 atom stereocenters. The van der Waals surface area contributed by atoms with Gasteiger partial charge in [0.1, 0.15) is 12.2 Å². The van der Waals surface area contributed by atoms with Crippen molar-refractivity contribution in [3.05, 3.63) is 12.2 Å². The SMILES string of the molecule is CCCn1ncnc1CC(CN)CC(C)C. The molecule has 0 aliphatic rings. The lowest BCUT2D eigenvalue weighted by Gasteiger charge is -2.16. The molecule has 1 rings (SSSR count). The summed E-state index contributed by atoms with van der Waals surface area (Å²) in [6.45, 7) is 8.31. The number of nitrogens with zero attached hydrogens (tertiary/aromatic N) is 3. The maximum absolute atomic E-state index is 5.80. The van der Waals surface area contributed by atoms with Gasteiger partial charge in [-0.25, -0.2) is 4.98 Å². The van der Waals surface area contributed by atoms with Crippen LogP contribution in [0.4, 0.5) is 0 Å². The molecule has 0 amide bonds. The lowest BCUT2D eigenvalue weighted by molar-refractivity contribution is 0.398. The van der Waals surface area contributed by atoms with Gasteiger partial charge in [-0.15, -0.1) is 0 Å². The highest BCUT2D eigenvalue weighted by Crippen LogP contribution is 2.15. The quantitative estimate of drug-likeness (QED) is 0.769. The zero-order valence-electron chi connectivity index (χ0n) is 10.7. The number of hydrogen-bond acceptors (Lipinski definition) is 3. The minimum atomic E-state index is 0.528. The van der Waals surface area contributed by atoms with Gasteiger partial charge in [0.2, 0.25) is 0 Å². The summed E-state index contributed by atoms with van der Waals surface area (Å²) < 4.78 is 2.00. The van der Waals surface area contributed by atoms with Crippen molar-refractivity contribution in [2.24, 2.45) is 17.6 Å². The third-order valence-corrected chi connectivity index (χ3v) is 2.74. The van der Waals surface area contributed by atoms with Crippen LogP contribution in [-0.4, -0.2) is 21.3 Å². The molecule has 1 aromatic heterocycles. The summed E-state index contributed by atoms with van der Waals surface area (Å²) in [6.07, 6.45) is 4.85. The highest BCUT2D eigenvalue weighted by atomic mass is 15.3. The van der Waals surface area contributed by atoms with Crippen LogP contribution in [0.2, 0.25) is 0 Å². The van der Waals surface area contributed by atoms with Crippen LogP contribution in [0.3, 0.4) is 0 Å². The Morgan fingerprint density at radius 2 is 2.19 bits per heavy atom. The minimum absolute atomic E-state index is 0.528. The molecule has 1 aromatic rings. The second-order valence-corrected chi connectivity index (χ2v) is 4.83. The number of hydrogen-bond donors (Lipinski definition) is 1. The number of rotatable bonds is 7. The van der Waals surface area contributed by atoms with Gasteiger partial charge in [-0.1, -0.05) is 20.8 Å². The summed E-state index contributed by atoms with van der Waals surface area (Å²) in [5.74, 6) is 2.30. The first-order valence-electron chi connectivity index (χ1n) is 6.24. The second-order valence-electron chi connectivity index (χ2n) is 4.83. The lowest BCUT2D eigenvalue weighted by Crippen LogP contribution is -2.21. The summed E-state index contributed by atoms with van der Waals surface area (Å²) in [6, 6.07) is 0. The van der Waals surface area contributed by atoms with Gasteiger partial charge in [-0.3, -0.25) is 4.68 Å². The molecule has 4 nitrogen and oxygen atoms in total. The first-order valence-corrected chi connectivity index (χ1v) is 6.24. The summed E-state index contributed by atoms with van der Waals surface area (Å²) in [5.41, 5.74) is 5.80. The monoisotopic (exact) mass is 224 g/mol. The Balaban J connectivity index is 2.58. The summed E-state index contributed by atoms with van der Waals surface area (Å²) in [4.78, 5) is 4.33. The van der Waals surface area contributed by atoms with Gasteiger partial charge >= 0.3 is 0 Å². The van der Waals surface area contributed by atoms with Crippen LogP contribution in [0.1, 0.15) is 39.4 Å². The number of nitrogens with two attached hydrogens (primary N) is 1. The average molecular weight is 224 g/mol. The smallest absolute Gasteiger partial charge is 0.138 e. The van der Waals surface area contributed by atoms with Gasteiger partial charge in [-0.05, 0) is 31.2 Å². The Labute approximate surface area is 98.2 Å². The zero-order chi connectivity index (χ0) is 12.0. The molecule has 0 aromatic carbocycles. The van der Waals surface area contributed by atoms with E-state index in [2.05, 4.69) is 30.9 Å². The van der Waals surface area contributed by atoms with Crippen molar-refractivity contribution in [2.75, 3.05) is 6.54 Å². The standard InChI is InChI=1S/C12H24N4/c1-4-5-16-12(14-9-15-16)7-11(8-13)6-10(2)3/h9-11H,4-8,13H2,1-3H3.